The predicted molar refractivity (Wildman–Crippen MR) is 141 cm³/mol. The van der Waals surface area contributed by atoms with Crippen molar-refractivity contribution in [3.05, 3.63) is 56.2 Å². The summed E-state index contributed by atoms with van der Waals surface area (Å²) in [4.78, 5) is 52.2. The molecule has 1 aliphatic heterocycles. The molecular formula is C26H33N7O5. The number of H-pyrrole nitrogens is 1. The van der Waals surface area contributed by atoms with Crippen LogP contribution in [0.4, 0.5) is 0 Å². The van der Waals surface area contributed by atoms with E-state index in [0.29, 0.717) is 12.2 Å². The fourth-order valence-corrected chi connectivity index (χ4v) is 5.62. The molecule has 1 aromatic carbocycles. The maximum Gasteiger partial charge on any atom is 0.332 e. The molecule has 4 heterocycles. The molecule has 0 saturated carbocycles. The van der Waals surface area contributed by atoms with Crippen LogP contribution in [0.2, 0.25) is 0 Å². The van der Waals surface area contributed by atoms with Gasteiger partial charge < -0.3 is 24.7 Å². The average molecular weight is 524 g/mol. The smallest absolute Gasteiger partial charge is 0.332 e. The van der Waals surface area contributed by atoms with Crippen LogP contribution in [0.5, 0.6) is 0 Å². The number of nitrogens with zero attached hydrogens (tertiary/aromatic N) is 6. The van der Waals surface area contributed by atoms with Crippen molar-refractivity contribution in [1.82, 2.24) is 33.6 Å². The van der Waals surface area contributed by atoms with E-state index >= 15 is 0 Å². The molecule has 12 heteroatoms. The molecule has 0 unspecified atom stereocenters. The Kier molecular flexibility index (Phi) is 6.27. The van der Waals surface area contributed by atoms with Gasteiger partial charge in [0.05, 0.1) is 36.1 Å². The number of aryl methyl sites for hydroxylation is 4. The first-order chi connectivity index (χ1) is 17.9. The SMILES string of the molecule is Cc1cc(C)c2nc(CCC(=O)N3C[C@H](O)C[C@@H](n4cnc5c4c(=O)n(C)c(=O)n5C)[C@](C)(O)C3)[nH]c2c1. The van der Waals surface area contributed by atoms with Crippen LogP contribution in [0, 0.1) is 13.8 Å². The zero-order valence-corrected chi connectivity index (χ0v) is 22.2. The number of likely N-dealkylation sites (tertiary alicyclic amines) is 1. The summed E-state index contributed by atoms with van der Waals surface area (Å²) in [5.41, 5.74) is 1.80. The zero-order valence-electron chi connectivity index (χ0n) is 22.2. The van der Waals surface area contributed by atoms with E-state index in [1.54, 1.807) is 6.92 Å². The first-order valence-electron chi connectivity index (χ1n) is 12.6. The lowest BCUT2D eigenvalue weighted by Gasteiger charge is -2.34. The molecule has 202 valence electrons. The summed E-state index contributed by atoms with van der Waals surface area (Å²) in [6, 6.07) is 3.33. The highest BCUT2D eigenvalue weighted by Crippen LogP contribution is 2.33. The fraction of sp³-hybridized carbons (Fsp3) is 0.500. The van der Waals surface area contributed by atoms with Crippen LogP contribution in [0.25, 0.3) is 22.2 Å². The summed E-state index contributed by atoms with van der Waals surface area (Å²) in [6.45, 7) is 5.61. The number of aromatic nitrogens is 6. The van der Waals surface area contributed by atoms with Crippen molar-refractivity contribution in [2.75, 3.05) is 13.1 Å². The van der Waals surface area contributed by atoms with Gasteiger partial charge in [0, 0.05) is 33.5 Å². The lowest BCUT2D eigenvalue weighted by atomic mass is 9.92. The third kappa shape index (κ3) is 4.33. The lowest BCUT2D eigenvalue weighted by Crippen LogP contribution is -2.47. The fourth-order valence-electron chi connectivity index (χ4n) is 5.62. The van der Waals surface area contributed by atoms with E-state index in [-0.39, 0.29) is 43.0 Å². The number of aromatic amines is 1. The second kappa shape index (κ2) is 9.21. The Labute approximate surface area is 218 Å². The number of aliphatic hydroxyl groups is 2. The molecule has 3 N–H and O–H groups in total. The van der Waals surface area contributed by atoms with E-state index in [1.807, 2.05) is 19.9 Å². The summed E-state index contributed by atoms with van der Waals surface area (Å²) in [7, 11) is 2.90. The van der Waals surface area contributed by atoms with E-state index < -0.39 is 29.0 Å². The van der Waals surface area contributed by atoms with Gasteiger partial charge in [-0.3, -0.25) is 18.7 Å². The lowest BCUT2D eigenvalue weighted by molar-refractivity contribution is -0.135. The summed E-state index contributed by atoms with van der Waals surface area (Å²) in [5.74, 6) is 0.487. The van der Waals surface area contributed by atoms with Crippen molar-refractivity contribution in [2.45, 2.75) is 57.8 Å². The Bertz CT molecular complexity index is 1680. The largest absolute Gasteiger partial charge is 0.391 e. The van der Waals surface area contributed by atoms with Gasteiger partial charge in [0.2, 0.25) is 5.91 Å². The molecule has 3 atom stereocenters. The Balaban J connectivity index is 1.39. The van der Waals surface area contributed by atoms with Crippen molar-refractivity contribution in [3.63, 3.8) is 0 Å². The highest BCUT2D eigenvalue weighted by atomic mass is 16.3. The van der Waals surface area contributed by atoms with Crippen molar-refractivity contribution in [2.24, 2.45) is 14.1 Å². The topological polar surface area (TPSA) is 151 Å². The standard InChI is InChI=1S/C26H33N7O5/c1-14-8-15(2)21-17(9-14)28-19(29-21)6-7-20(35)32-11-16(34)10-18(26(3,38)12-32)33-13-27-23-22(33)24(36)31(5)25(37)30(23)4/h8-9,13,16,18,34,38H,6-7,10-12H2,1-5H3,(H,28,29)/t16-,18-,26-/m1/s1. The molecule has 0 bridgehead atoms. The van der Waals surface area contributed by atoms with Gasteiger partial charge in [0.15, 0.2) is 11.2 Å². The monoisotopic (exact) mass is 523 g/mol. The Morgan fingerprint density at radius 3 is 2.68 bits per heavy atom. The van der Waals surface area contributed by atoms with Crippen LogP contribution in [0.3, 0.4) is 0 Å². The van der Waals surface area contributed by atoms with Gasteiger partial charge in [0.25, 0.3) is 5.56 Å². The molecule has 1 amide bonds. The van der Waals surface area contributed by atoms with Gasteiger partial charge in [-0.25, -0.2) is 14.8 Å². The van der Waals surface area contributed by atoms with Gasteiger partial charge in [-0.05, 0) is 44.4 Å². The number of carbonyl (C=O) groups excluding carboxylic acids is 1. The Morgan fingerprint density at radius 1 is 1.21 bits per heavy atom. The Morgan fingerprint density at radius 2 is 1.95 bits per heavy atom. The molecule has 1 saturated heterocycles. The predicted octanol–water partition coefficient (Wildman–Crippen LogP) is 0.445. The molecule has 0 aliphatic carbocycles. The van der Waals surface area contributed by atoms with E-state index in [4.69, 9.17) is 0 Å². The van der Waals surface area contributed by atoms with Crippen LogP contribution in [0.15, 0.2) is 28.0 Å². The van der Waals surface area contributed by atoms with Crippen LogP contribution in [0.1, 0.15) is 42.8 Å². The third-order valence-corrected chi connectivity index (χ3v) is 7.56. The number of imidazole rings is 2. The maximum absolute atomic E-state index is 13.2. The van der Waals surface area contributed by atoms with Crippen molar-refractivity contribution in [3.8, 4) is 0 Å². The minimum absolute atomic E-state index is 0.0439. The normalized spacial score (nSPS) is 22.3. The maximum atomic E-state index is 13.2. The summed E-state index contributed by atoms with van der Waals surface area (Å²) < 4.78 is 3.78. The summed E-state index contributed by atoms with van der Waals surface area (Å²) in [6.07, 6.45) is 1.10. The van der Waals surface area contributed by atoms with Gasteiger partial charge >= 0.3 is 5.69 Å². The van der Waals surface area contributed by atoms with Crippen LogP contribution >= 0.6 is 0 Å². The number of carbonyl (C=O) groups is 1. The minimum Gasteiger partial charge on any atom is -0.391 e. The molecule has 1 fully saturated rings. The number of rotatable bonds is 4. The van der Waals surface area contributed by atoms with Crippen molar-refractivity contribution < 1.29 is 15.0 Å². The molecule has 0 radical (unpaired) electrons. The zero-order chi connectivity index (χ0) is 27.5. The molecule has 5 rings (SSSR count). The molecule has 38 heavy (non-hydrogen) atoms. The number of β-amino-alcohol motifs (C(OH)–C–C–N with tert-alkyl or cyclic N) is 2. The van der Waals surface area contributed by atoms with Crippen molar-refractivity contribution >= 4 is 28.1 Å². The number of nitrogens with one attached hydrogen (secondary N) is 1. The molecule has 4 aromatic rings. The second-order valence-electron chi connectivity index (χ2n) is 10.7. The van der Waals surface area contributed by atoms with Crippen LogP contribution in [-0.2, 0) is 25.3 Å². The molecular weight excluding hydrogens is 490 g/mol. The van der Waals surface area contributed by atoms with Gasteiger partial charge in [0.1, 0.15) is 11.4 Å². The second-order valence-corrected chi connectivity index (χ2v) is 10.7. The third-order valence-electron chi connectivity index (χ3n) is 7.56. The van der Waals surface area contributed by atoms with Crippen molar-refractivity contribution in [1.29, 1.82) is 0 Å². The Hall–Kier alpha value is -3.77. The number of fused-ring (bicyclic) bond motifs is 2. The highest BCUT2D eigenvalue weighted by Gasteiger charge is 2.42. The molecule has 1 aliphatic rings. The van der Waals surface area contributed by atoms with Gasteiger partial charge in [-0.2, -0.15) is 0 Å². The summed E-state index contributed by atoms with van der Waals surface area (Å²) >= 11 is 0. The van der Waals surface area contributed by atoms with E-state index in [1.165, 1.54) is 34.5 Å². The highest BCUT2D eigenvalue weighted by molar-refractivity contribution is 5.80. The summed E-state index contributed by atoms with van der Waals surface area (Å²) in [5, 5.41) is 22.4. The quantitative estimate of drug-likeness (QED) is 0.351. The minimum atomic E-state index is -1.49. The van der Waals surface area contributed by atoms with Crippen LogP contribution < -0.4 is 11.2 Å². The van der Waals surface area contributed by atoms with E-state index in [0.717, 1.165) is 26.7 Å². The number of hydrogen-bond acceptors (Lipinski definition) is 7. The molecule has 0 spiro atoms. The van der Waals surface area contributed by atoms with Gasteiger partial charge in [-0.1, -0.05) is 6.07 Å². The number of benzene rings is 1. The van der Waals surface area contributed by atoms with Crippen LogP contribution in [-0.4, -0.2) is 74.5 Å². The first kappa shape index (κ1) is 25.9. The molecule has 12 nitrogen and oxygen atoms in total. The number of hydrogen-bond donors (Lipinski definition) is 3. The van der Waals surface area contributed by atoms with E-state index in [2.05, 4.69) is 21.0 Å². The molecule has 3 aromatic heterocycles. The van der Waals surface area contributed by atoms with Gasteiger partial charge in [-0.15, -0.1) is 0 Å². The number of aliphatic hydroxyl groups excluding tert-OH is 1. The number of amides is 1. The average Bonchev–Trinajstić information content (AvgIpc) is 3.44. The van der Waals surface area contributed by atoms with E-state index in [9.17, 15) is 24.6 Å². The first-order valence-corrected chi connectivity index (χ1v) is 12.6.